The summed E-state index contributed by atoms with van der Waals surface area (Å²) < 4.78 is 3.60. The number of aromatic nitrogens is 5. The third-order valence-electron chi connectivity index (χ3n) is 4.00. The Hall–Kier alpha value is -2.45. The van der Waals surface area contributed by atoms with Crippen LogP contribution >= 0.6 is 0 Å². The fourth-order valence-corrected chi connectivity index (χ4v) is 2.95. The summed E-state index contributed by atoms with van der Waals surface area (Å²) in [5, 5.41) is 27.0. The predicted octanol–water partition coefficient (Wildman–Crippen LogP) is 1.74. The molecule has 3 heterocycles. The number of nitrogens with one attached hydrogen (secondary N) is 1. The van der Waals surface area contributed by atoms with Crippen LogP contribution in [-0.2, 0) is 20.0 Å². The van der Waals surface area contributed by atoms with Crippen LogP contribution in [0.5, 0.6) is 0 Å². The monoisotopic (exact) mass is 305 g/mol. The second kappa shape index (κ2) is 5.39. The Labute approximate surface area is 127 Å². The van der Waals surface area contributed by atoms with Crippen LogP contribution in [-0.4, -0.2) is 29.5 Å². The zero-order valence-electron chi connectivity index (χ0n) is 12.9. The molecule has 1 atom stereocenters. The molecule has 0 aromatic carbocycles. The van der Waals surface area contributed by atoms with Gasteiger partial charge in [0.25, 0.3) is 0 Å². The van der Waals surface area contributed by atoms with Crippen molar-refractivity contribution in [1.82, 2.24) is 24.5 Å². The average Bonchev–Trinajstić information content (AvgIpc) is 3.00. The van der Waals surface area contributed by atoms with Gasteiger partial charge in [0.2, 0.25) is 5.82 Å². The first kappa shape index (κ1) is 14.5. The molecule has 2 aromatic rings. The van der Waals surface area contributed by atoms with Gasteiger partial charge in [0, 0.05) is 20.0 Å². The molecule has 1 unspecified atom stereocenters. The SMILES string of the molecule is Cc1nn(C)c(NC(C)c2nnc3n2CCCC3)c1[N+](=O)[O-]. The number of anilines is 1. The van der Waals surface area contributed by atoms with Crippen molar-refractivity contribution in [1.29, 1.82) is 0 Å². The molecule has 1 aliphatic heterocycles. The van der Waals surface area contributed by atoms with Crippen LogP contribution in [0, 0.1) is 17.0 Å². The summed E-state index contributed by atoms with van der Waals surface area (Å²) >= 11 is 0. The lowest BCUT2D eigenvalue weighted by molar-refractivity contribution is -0.384. The maximum Gasteiger partial charge on any atom is 0.333 e. The second-order valence-corrected chi connectivity index (χ2v) is 5.61. The smallest absolute Gasteiger partial charge is 0.333 e. The first-order chi connectivity index (χ1) is 10.5. The van der Waals surface area contributed by atoms with E-state index in [1.807, 2.05) is 6.92 Å². The van der Waals surface area contributed by atoms with E-state index in [-0.39, 0.29) is 11.7 Å². The molecular weight excluding hydrogens is 286 g/mol. The maximum atomic E-state index is 11.2. The minimum Gasteiger partial charge on any atom is -0.355 e. The molecule has 0 bridgehead atoms. The lowest BCUT2D eigenvalue weighted by atomic mass is 10.1. The molecule has 1 aliphatic rings. The number of nitrogens with zero attached hydrogens (tertiary/aromatic N) is 6. The highest BCUT2D eigenvalue weighted by Crippen LogP contribution is 2.30. The van der Waals surface area contributed by atoms with Gasteiger partial charge in [-0.15, -0.1) is 10.2 Å². The Morgan fingerprint density at radius 1 is 1.36 bits per heavy atom. The Morgan fingerprint density at radius 3 is 2.86 bits per heavy atom. The molecule has 0 fully saturated rings. The second-order valence-electron chi connectivity index (χ2n) is 5.61. The number of aryl methyl sites for hydroxylation is 3. The Balaban J connectivity index is 1.91. The van der Waals surface area contributed by atoms with E-state index in [0.717, 1.165) is 37.5 Å². The Morgan fingerprint density at radius 2 is 2.14 bits per heavy atom. The van der Waals surface area contributed by atoms with Crippen molar-refractivity contribution in [2.24, 2.45) is 7.05 Å². The van der Waals surface area contributed by atoms with Crippen LogP contribution in [0.1, 0.15) is 43.1 Å². The molecule has 3 rings (SSSR count). The highest BCUT2D eigenvalue weighted by molar-refractivity contribution is 5.60. The van der Waals surface area contributed by atoms with E-state index in [4.69, 9.17) is 0 Å². The van der Waals surface area contributed by atoms with E-state index < -0.39 is 4.92 Å². The van der Waals surface area contributed by atoms with E-state index in [1.54, 1.807) is 14.0 Å². The molecule has 9 heteroatoms. The summed E-state index contributed by atoms with van der Waals surface area (Å²) in [6.07, 6.45) is 3.17. The molecule has 1 N–H and O–H groups in total. The molecule has 0 amide bonds. The van der Waals surface area contributed by atoms with Gasteiger partial charge in [-0.3, -0.25) is 10.1 Å². The van der Waals surface area contributed by atoms with Crippen LogP contribution in [0.3, 0.4) is 0 Å². The lowest BCUT2D eigenvalue weighted by Gasteiger charge is -2.19. The molecule has 0 saturated carbocycles. The van der Waals surface area contributed by atoms with Gasteiger partial charge in [0.1, 0.15) is 11.5 Å². The molecule has 0 radical (unpaired) electrons. The van der Waals surface area contributed by atoms with E-state index >= 15 is 0 Å². The van der Waals surface area contributed by atoms with Crippen molar-refractivity contribution in [3.05, 3.63) is 27.5 Å². The summed E-state index contributed by atoms with van der Waals surface area (Å²) in [7, 11) is 1.69. The molecule has 2 aromatic heterocycles. The van der Waals surface area contributed by atoms with Crippen LogP contribution in [0.2, 0.25) is 0 Å². The van der Waals surface area contributed by atoms with Gasteiger partial charge in [-0.05, 0) is 26.7 Å². The van der Waals surface area contributed by atoms with Gasteiger partial charge < -0.3 is 9.88 Å². The van der Waals surface area contributed by atoms with Crippen molar-refractivity contribution >= 4 is 11.5 Å². The summed E-state index contributed by atoms with van der Waals surface area (Å²) in [4.78, 5) is 10.8. The number of hydrogen-bond donors (Lipinski definition) is 1. The molecule has 0 spiro atoms. The summed E-state index contributed by atoms with van der Waals surface area (Å²) in [5.41, 5.74) is 0.401. The first-order valence-corrected chi connectivity index (χ1v) is 7.35. The molecule has 9 nitrogen and oxygen atoms in total. The quantitative estimate of drug-likeness (QED) is 0.681. The van der Waals surface area contributed by atoms with Crippen LogP contribution in [0.15, 0.2) is 0 Å². The third-order valence-corrected chi connectivity index (χ3v) is 4.00. The van der Waals surface area contributed by atoms with E-state index in [0.29, 0.717) is 11.5 Å². The molecular formula is C13H19N7O2. The highest BCUT2D eigenvalue weighted by atomic mass is 16.6. The number of rotatable bonds is 4. The zero-order valence-corrected chi connectivity index (χ0v) is 12.9. The fourth-order valence-electron chi connectivity index (χ4n) is 2.95. The van der Waals surface area contributed by atoms with Gasteiger partial charge in [0.15, 0.2) is 5.82 Å². The van der Waals surface area contributed by atoms with Crippen LogP contribution < -0.4 is 5.32 Å². The highest BCUT2D eigenvalue weighted by Gasteiger charge is 2.27. The molecule has 0 saturated heterocycles. The fraction of sp³-hybridized carbons (Fsp3) is 0.615. The minimum absolute atomic E-state index is 0.00716. The third kappa shape index (κ3) is 2.32. The van der Waals surface area contributed by atoms with E-state index in [1.165, 1.54) is 4.68 Å². The largest absolute Gasteiger partial charge is 0.355 e. The predicted molar refractivity (Wildman–Crippen MR) is 79.6 cm³/mol. The summed E-state index contributed by atoms with van der Waals surface area (Å²) in [6.45, 7) is 4.46. The van der Waals surface area contributed by atoms with Crippen molar-refractivity contribution in [3.8, 4) is 0 Å². The lowest BCUT2D eigenvalue weighted by Crippen LogP contribution is -2.19. The van der Waals surface area contributed by atoms with Gasteiger partial charge in [-0.2, -0.15) is 5.10 Å². The Bertz CT molecular complexity index is 718. The van der Waals surface area contributed by atoms with Crippen molar-refractivity contribution in [2.75, 3.05) is 5.32 Å². The van der Waals surface area contributed by atoms with Crippen LogP contribution in [0.25, 0.3) is 0 Å². The van der Waals surface area contributed by atoms with Crippen molar-refractivity contribution in [2.45, 2.75) is 45.7 Å². The summed E-state index contributed by atoms with van der Waals surface area (Å²) in [5.74, 6) is 2.19. The Kier molecular flexibility index (Phi) is 3.55. The minimum atomic E-state index is -0.406. The average molecular weight is 305 g/mol. The van der Waals surface area contributed by atoms with Gasteiger partial charge >= 0.3 is 5.69 Å². The standard InChI is InChI=1S/C13H19N7O2/c1-8-11(20(21)22)13(18(3)17-8)14-9(2)12-16-15-10-6-4-5-7-19(10)12/h9,14H,4-7H2,1-3H3. The topological polar surface area (TPSA) is 104 Å². The van der Waals surface area contributed by atoms with Crippen molar-refractivity contribution in [3.63, 3.8) is 0 Å². The number of nitro groups is 1. The van der Waals surface area contributed by atoms with E-state index in [2.05, 4.69) is 25.2 Å². The summed E-state index contributed by atoms with van der Waals surface area (Å²) in [6, 6.07) is -0.187. The van der Waals surface area contributed by atoms with Gasteiger partial charge in [-0.1, -0.05) is 0 Å². The zero-order chi connectivity index (χ0) is 15.9. The molecule has 22 heavy (non-hydrogen) atoms. The first-order valence-electron chi connectivity index (χ1n) is 7.35. The van der Waals surface area contributed by atoms with Crippen LogP contribution in [0.4, 0.5) is 11.5 Å². The number of fused-ring (bicyclic) bond motifs is 1. The normalized spacial score (nSPS) is 15.4. The van der Waals surface area contributed by atoms with Crippen molar-refractivity contribution < 1.29 is 4.92 Å². The molecule has 0 aliphatic carbocycles. The number of hydrogen-bond acceptors (Lipinski definition) is 6. The van der Waals surface area contributed by atoms with Gasteiger partial charge in [0.05, 0.1) is 11.0 Å². The molecule has 118 valence electrons. The van der Waals surface area contributed by atoms with Gasteiger partial charge in [-0.25, -0.2) is 4.68 Å². The van der Waals surface area contributed by atoms with E-state index in [9.17, 15) is 10.1 Å². The maximum absolute atomic E-state index is 11.2.